The lowest BCUT2D eigenvalue weighted by Crippen LogP contribution is -2.45. The summed E-state index contributed by atoms with van der Waals surface area (Å²) in [6, 6.07) is 21.0. The second-order valence-electron chi connectivity index (χ2n) is 5.35. The zero-order valence-electron chi connectivity index (χ0n) is 12.1. The maximum atomic E-state index is 8.63. The minimum absolute atomic E-state index is 0.322. The molecule has 0 heterocycles. The SMILES string of the molecule is NC1(N)C=Cc2cccc3cccc1c23.Oc1ccccc1. The highest BCUT2D eigenvalue weighted by Crippen LogP contribution is 2.32. The minimum atomic E-state index is -0.839. The molecule has 0 radical (unpaired) electrons. The summed E-state index contributed by atoms with van der Waals surface area (Å²) in [4.78, 5) is 0. The van der Waals surface area contributed by atoms with E-state index in [0.717, 1.165) is 5.56 Å². The van der Waals surface area contributed by atoms with Crippen molar-refractivity contribution < 1.29 is 5.11 Å². The first-order valence-electron chi connectivity index (χ1n) is 7.11. The van der Waals surface area contributed by atoms with Gasteiger partial charge < -0.3 is 16.6 Å². The number of aromatic hydroxyl groups is 1. The van der Waals surface area contributed by atoms with Crippen LogP contribution in [0.2, 0.25) is 0 Å². The first-order valence-corrected chi connectivity index (χ1v) is 7.11. The Bertz CT molecular complexity index is 818. The summed E-state index contributed by atoms with van der Waals surface area (Å²) in [6.07, 6.45) is 3.85. The molecule has 3 heteroatoms. The molecule has 0 saturated carbocycles. The van der Waals surface area contributed by atoms with Crippen molar-refractivity contribution >= 4 is 16.8 Å². The van der Waals surface area contributed by atoms with Gasteiger partial charge in [-0.2, -0.15) is 0 Å². The van der Waals surface area contributed by atoms with Crippen LogP contribution in [-0.4, -0.2) is 5.11 Å². The zero-order valence-corrected chi connectivity index (χ0v) is 12.1. The number of hydrogen-bond donors (Lipinski definition) is 3. The van der Waals surface area contributed by atoms with E-state index >= 15 is 0 Å². The van der Waals surface area contributed by atoms with Gasteiger partial charge in [-0.1, -0.05) is 60.7 Å². The molecule has 1 aliphatic rings. The third kappa shape index (κ3) is 2.72. The van der Waals surface area contributed by atoms with Crippen molar-refractivity contribution in [1.82, 2.24) is 0 Å². The number of para-hydroxylation sites is 1. The molecule has 110 valence electrons. The molecule has 5 N–H and O–H groups in total. The van der Waals surface area contributed by atoms with Crippen LogP contribution in [0, 0.1) is 0 Å². The smallest absolute Gasteiger partial charge is 0.115 e. The minimum Gasteiger partial charge on any atom is -0.508 e. The Hall–Kier alpha value is -2.62. The van der Waals surface area contributed by atoms with Crippen molar-refractivity contribution in [3.63, 3.8) is 0 Å². The van der Waals surface area contributed by atoms with Gasteiger partial charge in [0.25, 0.3) is 0 Å². The van der Waals surface area contributed by atoms with Crippen molar-refractivity contribution in [3.8, 4) is 5.75 Å². The molecule has 0 unspecified atom stereocenters. The molecule has 0 amide bonds. The summed E-state index contributed by atoms with van der Waals surface area (Å²) in [6.45, 7) is 0. The van der Waals surface area contributed by atoms with Crippen LogP contribution in [0.25, 0.3) is 16.8 Å². The van der Waals surface area contributed by atoms with Crippen LogP contribution in [-0.2, 0) is 5.66 Å². The molecule has 0 aromatic heterocycles. The first-order chi connectivity index (χ1) is 10.6. The summed E-state index contributed by atoms with van der Waals surface area (Å²) in [5.41, 5.74) is 13.4. The molecule has 0 fully saturated rings. The predicted octanol–water partition coefficient (Wildman–Crippen LogP) is 3.33. The Morgan fingerprint density at radius 3 is 2.09 bits per heavy atom. The van der Waals surface area contributed by atoms with Gasteiger partial charge in [-0.3, -0.25) is 0 Å². The number of nitrogens with two attached hydrogens (primary N) is 2. The maximum Gasteiger partial charge on any atom is 0.115 e. The normalized spacial score (nSPS) is 14.3. The van der Waals surface area contributed by atoms with Crippen LogP contribution in [0.5, 0.6) is 5.75 Å². The van der Waals surface area contributed by atoms with Gasteiger partial charge in [0.1, 0.15) is 11.4 Å². The van der Waals surface area contributed by atoms with Crippen molar-refractivity contribution in [2.24, 2.45) is 11.5 Å². The molecule has 4 rings (SSSR count). The van der Waals surface area contributed by atoms with Crippen LogP contribution in [0.4, 0.5) is 0 Å². The van der Waals surface area contributed by atoms with Gasteiger partial charge in [-0.25, -0.2) is 0 Å². The Labute approximate surface area is 129 Å². The van der Waals surface area contributed by atoms with E-state index in [1.807, 2.05) is 36.4 Å². The van der Waals surface area contributed by atoms with Gasteiger partial charge in [0, 0.05) is 0 Å². The Kier molecular flexibility index (Phi) is 3.67. The van der Waals surface area contributed by atoms with Crippen LogP contribution in [0.3, 0.4) is 0 Å². The van der Waals surface area contributed by atoms with Gasteiger partial charge in [0.15, 0.2) is 0 Å². The molecular weight excluding hydrogens is 272 g/mol. The lowest BCUT2D eigenvalue weighted by molar-refractivity contribution is 0.475. The van der Waals surface area contributed by atoms with Crippen LogP contribution in [0.15, 0.2) is 72.8 Å². The van der Waals surface area contributed by atoms with E-state index in [0.29, 0.717) is 5.75 Å². The number of phenols is 1. The largest absolute Gasteiger partial charge is 0.508 e. The van der Waals surface area contributed by atoms with Crippen LogP contribution >= 0.6 is 0 Å². The van der Waals surface area contributed by atoms with E-state index < -0.39 is 5.66 Å². The lowest BCUT2D eigenvalue weighted by atomic mass is 9.87. The maximum absolute atomic E-state index is 8.63. The Morgan fingerprint density at radius 2 is 1.45 bits per heavy atom. The highest BCUT2D eigenvalue weighted by atomic mass is 16.3. The van der Waals surface area contributed by atoms with Crippen molar-refractivity contribution in [1.29, 1.82) is 0 Å². The van der Waals surface area contributed by atoms with E-state index in [9.17, 15) is 0 Å². The fourth-order valence-electron chi connectivity index (χ4n) is 2.62. The molecule has 1 aliphatic carbocycles. The molecule has 3 aromatic carbocycles. The number of benzene rings is 3. The molecule has 0 aliphatic heterocycles. The highest BCUT2D eigenvalue weighted by molar-refractivity contribution is 5.96. The summed E-state index contributed by atoms with van der Waals surface area (Å²) in [7, 11) is 0. The van der Waals surface area contributed by atoms with E-state index in [4.69, 9.17) is 16.6 Å². The molecule has 0 spiro atoms. The quantitative estimate of drug-likeness (QED) is 0.556. The van der Waals surface area contributed by atoms with E-state index in [1.54, 1.807) is 24.3 Å². The van der Waals surface area contributed by atoms with E-state index in [1.165, 1.54) is 16.3 Å². The molecular formula is C19H18N2O. The fraction of sp³-hybridized carbons (Fsp3) is 0.0526. The standard InChI is InChI=1S/C13H12N2.C6H6O/c14-13(15)8-7-10-4-1-3-9-5-2-6-11(13)12(9)10;7-6-4-2-1-3-5-6/h1-8H,14-15H2;1-5,7H. The number of hydrogen-bond acceptors (Lipinski definition) is 3. The number of phenolic OH excluding ortho intramolecular Hbond substituents is 1. The molecule has 22 heavy (non-hydrogen) atoms. The van der Waals surface area contributed by atoms with Gasteiger partial charge in [0.05, 0.1) is 0 Å². The zero-order chi connectivity index (χ0) is 15.6. The summed E-state index contributed by atoms with van der Waals surface area (Å²) < 4.78 is 0. The van der Waals surface area contributed by atoms with Crippen molar-refractivity contribution in [3.05, 3.63) is 83.9 Å². The Morgan fingerprint density at radius 1 is 0.773 bits per heavy atom. The van der Waals surface area contributed by atoms with Crippen LogP contribution < -0.4 is 11.5 Å². The average Bonchev–Trinajstić information content (AvgIpc) is 2.53. The van der Waals surface area contributed by atoms with Crippen LogP contribution in [0.1, 0.15) is 11.1 Å². The Balaban J connectivity index is 0.000000174. The summed E-state index contributed by atoms with van der Waals surface area (Å²) in [5, 5.41) is 11.0. The van der Waals surface area contributed by atoms with Gasteiger partial charge in [0.2, 0.25) is 0 Å². The molecule has 0 bridgehead atoms. The molecule has 0 saturated heterocycles. The highest BCUT2D eigenvalue weighted by Gasteiger charge is 2.24. The van der Waals surface area contributed by atoms with E-state index in [-0.39, 0.29) is 0 Å². The fourth-order valence-corrected chi connectivity index (χ4v) is 2.62. The average molecular weight is 290 g/mol. The topological polar surface area (TPSA) is 72.3 Å². The third-order valence-corrected chi connectivity index (χ3v) is 3.70. The predicted molar refractivity (Wildman–Crippen MR) is 91.1 cm³/mol. The van der Waals surface area contributed by atoms with Crippen molar-refractivity contribution in [2.75, 3.05) is 0 Å². The third-order valence-electron chi connectivity index (χ3n) is 3.70. The second kappa shape index (κ2) is 5.64. The van der Waals surface area contributed by atoms with Crippen molar-refractivity contribution in [2.45, 2.75) is 5.66 Å². The monoisotopic (exact) mass is 290 g/mol. The van der Waals surface area contributed by atoms with Gasteiger partial charge in [-0.15, -0.1) is 0 Å². The lowest BCUT2D eigenvalue weighted by Gasteiger charge is -2.27. The second-order valence-corrected chi connectivity index (χ2v) is 5.35. The molecule has 0 atom stereocenters. The van der Waals surface area contributed by atoms with E-state index in [2.05, 4.69) is 18.2 Å². The molecule has 3 nitrogen and oxygen atoms in total. The number of rotatable bonds is 0. The van der Waals surface area contributed by atoms with Gasteiger partial charge >= 0.3 is 0 Å². The summed E-state index contributed by atoms with van der Waals surface area (Å²) in [5.74, 6) is 0.322. The first kappa shape index (κ1) is 14.3. The molecule has 3 aromatic rings. The van der Waals surface area contributed by atoms with Gasteiger partial charge in [-0.05, 0) is 40.1 Å². The summed E-state index contributed by atoms with van der Waals surface area (Å²) >= 11 is 0.